The van der Waals surface area contributed by atoms with Crippen molar-refractivity contribution in [1.29, 1.82) is 0 Å². The molecule has 5 nitrogen and oxygen atoms in total. The summed E-state index contributed by atoms with van der Waals surface area (Å²) >= 11 is 1.50. The van der Waals surface area contributed by atoms with Gasteiger partial charge in [0.05, 0.1) is 9.77 Å². The predicted molar refractivity (Wildman–Crippen MR) is 113 cm³/mol. The maximum atomic E-state index is 12.5. The highest BCUT2D eigenvalue weighted by Gasteiger charge is 2.15. The number of rotatable bonds is 7. The highest BCUT2D eigenvalue weighted by atomic mass is 32.2. The summed E-state index contributed by atoms with van der Waals surface area (Å²) in [6.45, 7) is 2.55. The Morgan fingerprint density at radius 1 is 1.07 bits per heavy atom. The summed E-state index contributed by atoms with van der Waals surface area (Å²) in [7, 11) is -3.69. The first kappa shape index (κ1) is 20.3. The van der Waals surface area contributed by atoms with Crippen molar-refractivity contribution >= 4 is 27.3 Å². The van der Waals surface area contributed by atoms with Crippen molar-refractivity contribution < 1.29 is 13.2 Å². The van der Waals surface area contributed by atoms with Crippen LogP contribution in [0.4, 0.5) is 0 Å². The van der Waals surface area contributed by atoms with Crippen LogP contribution in [-0.2, 0) is 22.9 Å². The van der Waals surface area contributed by atoms with Gasteiger partial charge in [-0.2, -0.15) is 0 Å². The molecule has 0 saturated carbocycles. The van der Waals surface area contributed by atoms with Gasteiger partial charge < -0.3 is 5.32 Å². The van der Waals surface area contributed by atoms with E-state index in [-0.39, 0.29) is 10.8 Å². The van der Waals surface area contributed by atoms with Crippen LogP contribution in [0.1, 0.15) is 27.7 Å². The van der Waals surface area contributed by atoms with E-state index in [1.807, 2.05) is 24.3 Å². The molecule has 3 rings (SSSR count). The second kappa shape index (κ2) is 8.68. The molecular weight excluding hydrogens is 392 g/mol. The molecule has 28 heavy (non-hydrogen) atoms. The van der Waals surface area contributed by atoms with E-state index in [2.05, 4.69) is 24.4 Å². The lowest BCUT2D eigenvalue weighted by molar-refractivity contribution is 0.0958. The number of amides is 1. The van der Waals surface area contributed by atoms with E-state index in [1.54, 1.807) is 12.1 Å². The molecule has 1 heterocycles. The third-order valence-corrected chi connectivity index (χ3v) is 6.56. The van der Waals surface area contributed by atoms with Crippen LogP contribution in [0.5, 0.6) is 0 Å². The lowest BCUT2D eigenvalue weighted by Gasteiger charge is -2.05. The first-order chi connectivity index (χ1) is 13.4. The first-order valence-corrected chi connectivity index (χ1v) is 11.3. The number of nitrogens with two attached hydrogens (primary N) is 1. The number of primary sulfonamides is 1. The highest BCUT2D eigenvalue weighted by molar-refractivity contribution is 7.89. The normalized spacial score (nSPS) is 11.4. The average Bonchev–Trinajstić information content (AvgIpc) is 3.13. The van der Waals surface area contributed by atoms with Crippen LogP contribution in [0.25, 0.3) is 10.4 Å². The molecule has 0 aliphatic rings. The van der Waals surface area contributed by atoms with E-state index in [9.17, 15) is 13.2 Å². The molecular formula is C21H22N2O3S2. The molecule has 0 fully saturated rings. The number of thiophene rings is 1. The van der Waals surface area contributed by atoms with Gasteiger partial charge in [0.25, 0.3) is 5.91 Å². The van der Waals surface area contributed by atoms with Crippen LogP contribution in [0.3, 0.4) is 0 Å². The number of carbonyl (C=O) groups is 1. The van der Waals surface area contributed by atoms with Crippen molar-refractivity contribution in [3.63, 3.8) is 0 Å². The third-order valence-electron chi connectivity index (χ3n) is 4.40. The van der Waals surface area contributed by atoms with Crippen molar-refractivity contribution in [1.82, 2.24) is 5.32 Å². The highest BCUT2D eigenvalue weighted by Crippen LogP contribution is 2.33. The maximum absolute atomic E-state index is 12.5. The summed E-state index contributed by atoms with van der Waals surface area (Å²) in [4.78, 5) is 14.4. The van der Waals surface area contributed by atoms with Crippen LogP contribution in [0.15, 0.2) is 65.6 Å². The van der Waals surface area contributed by atoms with Crippen LogP contribution in [0.2, 0.25) is 0 Å². The Bertz CT molecular complexity index is 1060. The third kappa shape index (κ3) is 4.86. The maximum Gasteiger partial charge on any atom is 0.261 e. The number of aryl methyl sites for hydroxylation is 1. The van der Waals surface area contributed by atoms with Gasteiger partial charge in [-0.3, -0.25) is 4.79 Å². The van der Waals surface area contributed by atoms with E-state index >= 15 is 0 Å². The Morgan fingerprint density at radius 2 is 1.75 bits per heavy atom. The molecule has 0 bridgehead atoms. The van der Waals surface area contributed by atoms with Gasteiger partial charge in [0.2, 0.25) is 10.0 Å². The molecule has 0 aliphatic carbocycles. The number of hydrogen-bond acceptors (Lipinski definition) is 4. The van der Waals surface area contributed by atoms with Crippen LogP contribution in [-0.4, -0.2) is 20.9 Å². The summed E-state index contributed by atoms with van der Waals surface area (Å²) in [5.74, 6) is -0.0944. The minimum absolute atomic E-state index is 0.0828. The van der Waals surface area contributed by atoms with Gasteiger partial charge in [0.1, 0.15) is 0 Å². The van der Waals surface area contributed by atoms with E-state index in [0.717, 1.165) is 22.4 Å². The molecule has 0 saturated heterocycles. The molecule has 0 unspecified atom stereocenters. The SMILES string of the molecule is CCc1cc(C(=O)NCCc2ccc(S(N)(=O)=O)cc2)sc1-c1ccccc1. The number of benzene rings is 2. The second-order valence-corrected chi connectivity index (χ2v) is 8.99. The summed E-state index contributed by atoms with van der Waals surface area (Å²) in [5.41, 5.74) is 3.22. The molecule has 0 aliphatic heterocycles. The Morgan fingerprint density at radius 3 is 2.36 bits per heavy atom. The largest absolute Gasteiger partial charge is 0.351 e. The molecule has 1 amide bonds. The van der Waals surface area contributed by atoms with Crippen molar-refractivity contribution in [2.24, 2.45) is 5.14 Å². The molecule has 1 aromatic heterocycles. The topological polar surface area (TPSA) is 89.3 Å². The summed E-state index contributed by atoms with van der Waals surface area (Å²) in [6.07, 6.45) is 1.47. The van der Waals surface area contributed by atoms with Crippen LogP contribution < -0.4 is 10.5 Å². The van der Waals surface area contributed by atoms with Gasteiger partial charge in [-0.25, -0.2) is 13.6 Å². The van der Waals surface area contributed by atoms with Crippen molar-refractivity contribution in [2.75, 3.05) is 6.54 Å². The fraction of sp³-hybridized carbons (Fsp3) is 0.190. The average molecular weight is 415 g/mol. The molecule has 0 atom stereocenters. The standard InChI is InChI=1S/C21H22N2O3S2/c1-2-16-14-19(27-20(16)17-6-4-3-5-7-17)21(24)23-13-12-15-8-10-18(11-9-15)28(22,25)26/h3-11,14H,2,12-13H2,1H3,(H,23,24)(H2,22,25,26). The monoisotopic (exact) mass is 414 g/mol. The second-order valence-electron chi connectivity index (χ2n) is 6.38. The Kier molecular flexibility index (Phi) is 6.28. The molecule has 3 aromatic rings. The van der Waals surface area contributed by atoms with Crippen LogP contribution in [0, 0.1) is 0 Å². The van der Waals surface area contributed by atoms with Crippen LogP contribution >= 0.6 is 11.3 Å². The fourth-order valence-corrected chi connectivity index (χ4v) is 4.58. The Labute approximate surface area is 169 Å². The summed E-state index contributed by atoms with van der Waals surface area (Å²) in [6, 6.07) is 18.4. The van der Waals surface area contributed by atoms with Crippen molar-refractivity contribution in [3.8, 4) is 10.4 Å². The van der Waals surface area contributed by atoms with Gasteiger partial charge in [0.15, 0.2) is 0 Å². The first-order valence-electron chi connectivity index (χ1n) is 8.96. The van der Waals surface area contributed by atoms with E-state index in [4.69, 9.17) is 5.14 Å². The van der Waals surface area contributed by atoms with Crippen molar-refractivity contribution in [2.45, 2.75) is 24.7 Å². The van der Waals surface area contributed by atoms with Gasteiger partial charge in [-0.05, 0) is 47.7 Å². The van der Waals surface area contributed by atoms with Gasteiger partial charge in [0, 0.05) is 11.4 Å². The summed E-state index contributed by atoms with van der Waals surface area (Å²) in [5, 5.41) is 8.03. The number of sulfonamides is 1. The van der Waals surface area contributed by atoms with Gasteiger partial charge in [-0.1, -0.05) is 49.4 Å². The molecule has 2 aromatic carbocycles. The Hall–Kier alpha value is -2.48. The number of hydrogen-bond donors (Lipinski definition) is 2. The number of nitrogens with one attached hydrogen (secondary N) is 1. The Balaban J connectivity index is 1.63. The quantitative estimate of drug-likeness (QED) is 0.619. The molecule has 7 heteroatoms. The van der Waals surface area contributed by atoms with E-state index in [0.29, 0.717) is 17.8 Å². The minimum atomic E-state index is -3.69. The van der Waals surface area contributed by atoms with Crippen molar-refractivity contribution in [3.05, 3.63) is 76.7 Å². The fourth-order valence-electron chi connectivity index (χ4n) is 2.89. The van der Waals surface area contributed by atoms with E-state index < -0.39 is 10.0 Å². The van der Waals surface area contributed by atoms with Gasteiger partial charge >= 0.3 is 0 Å². The molecule has 0 spiro atoms. The lowest BCUT2D eigenvalue weighted by atomic mass is 10.1. The zero-order chi connectivity index (χ0) is 20.1. The minimum Gasteiger partial charge on any atom is -0.351 e. The molecule has 146 valence electrons. The van der Waals surface area contributed by atoms with Gasteiger partial charge in [-0.15, -0.1) is 11.3 Å². The molecule has 3 N–H and O–H groups in total. The lowest BCUT2D eigenvalue weighted by Crippen LogP contribution is -2.24. The van der Waals surface area contributed by atoms with E-state index in [1.165, 1.54) is 29.0 Å². The zero-order valence-corrected chi connectivity index (χ0v) is 17.1. The number of carbonyl (C=O) groups excluding carboxylic acids is 1. The molecule has 0 radical (unpaired) electrons. The zero-order valence-electron chi connectivity index (χ0n) is 15.5. The summed E-state index contributed by atoms with van der Waals surface area (Å²) < 4.78 is 22.6. The predicted octanol–water partition coefficient (Wildman–Crippen LogP) is 3.60. The smallest absolute Gasteiger partial charge is 0.261 e.